The molecule has 0 aromatic heterocycles. The summed E-state index contributed by atoms with van der Waals surface area (Å²) in [6, 6.07) is 0. The standard InChI is InChI=1S/C7H14S2/c8-7(9)6-4-2-1-3-5-6/h6-9H,1-5H2. The summed E-state index contributed by atoms with van der Waals surface area (Å²) in [5.74, 6) is 0.783. The van der Waals surface area contributed by atoms with Gasteiger partial charge < -0.3 is 0 Å². The average molecular weight is 162 g/mol. The maximum Gasteiger partial charge on any atom is 0.0470 e. The average Bonchev–Trinajstić information content (AvgIpc) is 1.90. The lowest BCUT2D eigenvalue weighted by Gasteiger charge is -2.23. The molecule has 0 aromatic rings. The monoisotopic (exact) mass is 162 g/mol. The van der Waals surface area contributed by atoms with Gasteiger partial charge in [0.25, 0.3) is 0 Å². The van der Waals surface area contributed by atoms with Gasteiger partial charge in [-0.05, 0) is 18.8 Å². The maximum absolute atomic E-state index is 4.31. The minimum Gasteiger partial charge on any atom is -0.165 e. The van der Waals surface area contributed by atoms with Gasteiger partial charge in [-0.15, -0.1) is 0 Å². The van der Waals surface area contributed by atoms with Gasteiger partial charge in [0.05, 0.1) is 0 Å². The van der Waals surface area contributed by atoms with Gasteiger partial charge in [0, 0.05) is 4.58 Å². The summed E-state index contributed by atoms with van der Waals surface area (Å²) < 4.78 is 0.324. The summed E-state index contributed by atoms with van der Waals surface area (Å²) in [4.78, 5) is 0. The first-order valence-corrected chi connectivity index (χ1v) is 4.70. The summed E-state index contributed by atoms with van der Waals surface area (Å²) in [6.45, 7) is 0. The topological polar surface area (TPSA) is 0 Å². The van der Waals surface area contributed by atoms with E-state index in [4.69, 9.17) is 0 Å². The smallest absolute Gasteiger partial charge is 0.0470 e. The molecule has 1 aliphatic rings. The zero-order chi connectivity index (χ0) is 6.69. The molecule has 0 heterocycles. The molecular weight excluding hydrogens is 148 g/mol. The molecule has 0 spiro atoms. The molecule has 0 N–H and O–H groups in total. The lowest BCUT2D eigenvalue weighted by Crippen LogP contribution is -2.12. The molecule has 0 unspecified atom stereocenters. The van der Waals surface area contributed by atoms with Crippen molar-refractivity contribution in [3.63, 3.8) is 0 Å². The van der Waals surface area contributed by atoms with Gasteiger partial charge >= 0.3 is 0 Å². The first kappa shape index (κ1) is 7.80. The molecule has 2 heteroatoms. The van der Waals surface area contributed by atoms with Gasteiger partial charge in [0.15, 0.2) is 0 Å². The van der Waals surface area contributed by atoms with E-state index in [1.165, 1.54) is 32.1 Å². The van der Waals surface area contributed by atoms with Gasteiger partial charge in [-0.2, -0.15) is 25.3 Å². The highest BCUT2D eigenvalue weighted by atomic mass is 32.2. The fourth-order valence-corrected chi connectivity index (χ4v) is 2.03. The van der Waals surface area contributed by atoms with Crippen LogP contribution in [0.25, 0.3) is 0 Å². The van der Waals surface area contributed by atoms with E-state index in [0.29, 0.717) is 4.58 Å². The Morgan fingerprint density at radius 3 is 1.89 bits per heavy atom. The van der Waals surface area contributed by atoms with Crippen LogP contribution in [-0.4, -0.2) is 4.58 Å². The second kappa shape index (κ2) is 3.77. The molecule has 0 bridgehead atoms. The van der Waals surface area contributed by atoms with Crippen molar-refractivity contribution in [2.24, 2.45) is 5.92 Å². The Labute approximate surface area is 68.2 Å². The molecule has 9 heavy (non-hydrogen) atoms. The van der Waals surface area contributed by atoms with Crippen molar-refractivity contribution in [2.75, 3.05) is 0 Å². The Balaban J connectivity index is 2.23. The van der Waals surface area contributed by atoms with E-state index in [1.807, 2.05) is 0 Å². The highest BCUT2D eigenvalue weighted by Gasteiger charge is 2.17. The van der Waals surface area contributed by atoms with Crippen molar-refractivity contribution in [1.82, 2.24) is 0 Å². The minimum atomic E-state index is 0.324. The first-order chi connectivity index (χ1) is 4.30. The van der Waals surface area contributed by atoms with Crippen molar-refractivity contribution in [3.05, 3.63) is 0 Å². The highest BCUT2D eigenvalue weighted by molar-refractivity contribution is 7.99. The van der Waals surface area contributed by atoms with Crippen molar-refractivity contribution in [3.8, 4) is 0 Å². The van der Waals surface area contributed by atoms with E-state index in [9.17, 15) is 0 Å². The summed E-state index contributed by atoms with van der Waals surface area (Å²) in [5.41, 5.74) is 0. The van der Waals surface area contributed by atoms with Crippen LogP contribution in [-0.2, 0) is 0 Å². The van der Waals surface area contributed by atoms with Crippen LogP contribution >= 0.6 is 25.3 Å². The van der Waals surface area contributed by atoms with Crippen LogP contribution in [0.5, 0.6) is 0 Å². The largest absolute Gasteiger partial charge is 0.165 e. The molecule has 0 radical (unpaired) electrons. The fourth-order valence-electron chi connectivity index (χ4n) is 1.43. The van der Waals surface area contributed by atoms with Crippen LogP contribution in [0, 0.1) is 5.92 Å². The van der Waals surface area contributed by atoms with Crippen LogP contribution in [0.15, 0.2) is 0 Å². The number of hydrogen-bond donors (Lipinski definition) is 2. The molecule has 1 rings (SSSR count). The van der Waals surface area contributed by atoms with E-state index < -0.39 is 0 Å². The normalized spacial score (nSPS) is 23.0. The number of hydrogen-bond acceptors (Lipinski definition) is 2. The minimum absolute atomic E-state index is 0.324. The van der Waals surface area contributed by atoms with Crippen molar-refractivity contribution in [2.45, 2.75) is 36.7 Å². The molecule has 0 saturated heterocycles. The van der Waals surface area contributed by atoms with Gasteiger partial charge in [0.1, 0.15) is 0 Å². The van der Waals surface area contributed by atoms with E-state index >= 15 is 0 Å². The van der Waals surface area contributed by atoms with Crippen molar-refractivity contribution in [1.29, 1.82) is 0 Å². The molecule has 0 aromatic carbocycles. The molecule has 1 saturated carbocycles. The molecule has 1 fully saturated rings. The molecule has 1 aliphatic carbocycles. The van der Waals surface area contributed by atoms with Gasteiger partial charge in [-0.3, -0.25) is 0 Å². The number of rotatable bonds is 1. The van der Waals surface area contributed by atoms with Crippen LogP contribution < -0.4 is 0 Å². The number of thiol groups is 2. The lowest BCUT2D eigenvalue weighted by molar-refractivity contribution is 0.382. The third-order valence-corrected chi connectivity index (χ3v) is 2.91. The highest BCUT2D eigenvalue weighted by Crippen LogP contribution is 2.30. The Morgan fingerprint density at radius 2 is 1.56 bits per heavy atom. The van der Waals surface area contributed by atoms with Crippen LogP contribution in [0.4, 0.5) is 0 Å². The van der Waals surface area contributed by atoms with Gasteiger partial charge in [-0.1, -0.05) is 19.3 Å². The van der Waals surface area contributed by atoms with Crippen LogP contribution in [0.3, 0.4) is 0 Å². The summed E-state index contributed by atoms with van der Waals surface area (Å²) in [5, 5.41) is 0. The molecule has 0 nitrogen and oxygen atoms in total. The summed E-state index contributed by atoms with van der Waals surface area (Å²) >= 11 is 8.61. The predicted octanol–water partition coefficient (Wildman–Crippen LogP) is 2.75. The van der Waals surface area contributed by atoms with E-state index in [-0.39, 0.29) is 0 Å². The third kappa shape index (κ3) is 2.42. The van der Waals surface area contributed by atoms with E-state index in [2.05, 4.69) is 25.3 Å². The quantitative estimate of drug-likeness (QED) is 0.430. The predicted molar refractivity (Wildman–Crippen MR) is 48.3 cm³/mol. The molecule has 0 aliphatic heterocycles. The van der Waals surface area contributed by atoms with E-state index in [1.54, 1.807) is 0 Å². The summed E-state index contributed by atoms with van der Waals surface area (Å²) in [7, 11) is 0. The second-order valence-corrected chi connectivity index (χ2v) is 4.33. The summed E-state index contributed by atoms with van der Waals surface area (Å²) in [6.07, 6.45) is 6.89. The van der Waals surface area contributed by atoms with E-state index in [0.717, 1.165) is 5.92 Å². The second-order valence-electron chi connectivity index (χ2n) is 2.81. The lowest BCUT2D eigenvalue weighted by atomic mass is 9.91. The van der Waals surface area contributed by atoms with Crippen LogP contribution in [0.2, 0.25) is 0 Å². The molecule has 0 atom stereocenters. The molecule has 54 valence electrons. The third-order valence-electron chi connectivity index (χ3n) is 2.07. The van der Waals surface area contributed by atoms with Gasteiger partial charge in [0.2, 0.25) is 0 Å². The maximum atomic E-state index is 4.31. The van der Waals surface area contributed by atoms with Gasteiger partial charge in [-0.25, -0.2) is 0 Å². The Morgan fingerprint density at radius 1 is 1.00 bits per heavy atom. The Kier molecular flexibility index (Phi) is 3.27. The zero-order valence-corrected chi connectivity index (χ0v) is 7.37. The molecule has 0 amide bonds. The van der Waals surface area contributed by atoms with Crippen molar-refractivity contribution < 1.29 is 0 Å². The molecular formula is C7H14S2. The van der Waals surface area contributed by atoms with Crippen LogP contribution in [0.1, 0.15) is 32.1 Å². The van der Waals surface area contributed by atoms with Crippen molar-refractivity contribution >= 4 is 25.3 Å². The first-order valence-electron chi connectivity index (χ1n) is 3.67. The Hall–Kier alpha value is 0.700. The Bertz CT molecular complexity index is 75.0. The SMILES string of the molecule is SC(S)C1CCCCC1. The fraction of sp³-hybridized carbons (Fsp3) is 1.00. The zero-order valence-electron chi connectivity index (χ0n) is 5.58.